The van der Waals surface area contributed by atoms with Crippen LogP contribution in [-0.2, 0) is 4.79 Å². The van der Waals surface area contributed by atoms with Crippen molar-refractivity contribution in [2.24, 2.45) is 0 Å². The maximum atomic E-state index is 12.5. The zero-order valence-electron chi connectivity index (χ0n) is 13.6. The Morgan fingerprint density at radius 2 is 2.04 bits per heavy atom. The SMILES string of the molecule is CCC1NCC(NC(=O)C(F)(F)F)CC1c1cc(C)ccc1C. The van der Waals surface area contributed by atoms with Crippen molar-refractivity contribution >= 4 is 5.91 Å². The van der Waals surface area contributed by atoms with Crippen LogP contribution in [0.5, 0.6) is 0 Å². The minimum atomic E-state index is -4.84. The van der Waals surface area contributed by atoms with Gasteiger partial charge in [0.1, 0.15) is 0 Å². The minimum absolute atomic E-state index is 0.0900. The fourth-order valence-corrected chi connectivity index (χ4v) is 3.30. The standard InChI is InChI=1S/C17H23F3N2O/c1-4-15-14(13-7-10(2)5-6-11(13)3)8-12(9-21-15)22-16(23)17(18,19)20/h5-7,12,14-15,21H,4,8-9H2,1-3H3,(H,22,23). The number of aryl methyl sites for hydroxylation is 2. The molecular formula is C17H23F3N2O. The highest BCUT2D eigenvalue weighted by Crippen LogP contribution is 2.32. The van der Waals surface area contributed by atoms with Gasteiger partial charge < -0.3 is 10.6 Å². The van der Waals surface area contributed by atoms with Crippen molar-refractivity contribution in [1.29, 1.82) is 0 Å². The van der Waals surface area contributed by atoms with Crippen molar-refractivity contribution < 1.29 is 18.0 Å². The van der Waals surface area contributed by atoms with E-state index in [9.17, 15) is 18.0 Å². The van der Waals surface area contributed by atoms with Gasteiger partial charge in [0.25, 0.3) is 0 Å². The second kappa shape index (κ2) is 6.91. The predicted octanol–water partition coefficient (Wildman–Crippen LogP) is 3.21. The Kier molecular flexibility index (Phi) is 5.34. The third kappa shape index (κ3) is 4.25. The van der Waals surface area contributed by atoms with Gasteiger partial charge in [0.15, 0.2) is 0 Å². The molecule has 3 atom stereocenters. The first-order valence-corrected chi connectivity index (χ1v) is 7.90. The van der Waals surface area contributed by atoms with E-state index < -0.39 is 18.1 Å². The van der Waals surface area contributed by atoms with Gasteiger partial charge in [-0.05, 0) is 37.8 Å². The fourth-order valence-electron chi connectivity index (χ4n) is 3.30. The average molecular weight is 328 g/mol. The number of piperidine rings is 1. The predicted molar refractivity (Wildman–Crippen MR) is 83.3 cm³/mol. The van der Waals surface area contributed by atoms with E-state index in [1.807, 2.05) is 26.0 Å². The lowest BCUT2D eigenvalue weighted by Gasteiger charge is -2.38. The minimum Gasteiger partial charge on any atom is -0.344 e. The summed E-state index contributed by atoms with van der Waals surface area (Å²) in [5.74, 6) is -1.77. The first-order valence-electron chi connectivity index (χ1n) is 7.90. The number of hydrogen-bond acceptors (Lipinski definition) is 2. The van der Waals surface area contributed by atoms with Gasteiger partial charge in [0.05, 0.1) is 0 Å². The molecule has 0 saturated carbocycles. The summed E-state index contributed by atoms with van der Waals surface area (Å²) in [5.41, 5.74) is 3.40. The molecule has 1 aliphatic rings. The van der Waals surface area contributed by atoms with Crippen LogP contribution >= 0.6 is 0 Å². The Bertz CT molecular complexity index is 571. The lowest BCUT2D eigenvalue weighted by atomic mass is 9.79. The van der Waals surface area contributed by atoms with Crippen LogP contribution in [0.2, 0.25) is 0 Å². The third-order valence-electron chi connectivity index (χ3n) is 4.52. The zero-order valence-corrected chi connectivity index (χ0v) is 13.6. The van der Waals surface area contributed by atoms with Gasteiger partial charge in [0.2, 0.25) is 0 Å². The number of benzene rings is 1. The zero-order chi connectivity index (χ0) is 17.2. The van der Waals surface area contributed by atoms with E-state index in [1.54, 1.807) is 0 Å². The van der Waals surface area contributed by atoms with Gasteiger partial charge in [-0.15, -0.1) is 0 Å². The second-order valence-electron chi connectivity index (χ2n) is 6.29. The van der Waals surface area contributed by atoms with Crippen LogP contribution in [-0.4, -0.2) is 30.7 Å². The highest BCUT2D eigenvalue weighted by molar-refractivity contribution is 5.82. The number of hydrogen-bond donors (Lipinski definition) is 2. The van der Waals surface area contributed by atoms with Gasteiger partial charge in [0, 0.05) is 24.5 Å². The second-order valence-corrected chi connectivity index (χ2v) is 6.29. The molecule has 1 fully saturated rings. The van der Waals surface area contributed by atoms with Crippen LogP contribution < -0.4 is 10.6 Å². The highest BCUT2D eigenvalue weighted by atomic mass is 19.4. The Morgan fingerprint density at radius 3 is 2.65 bits per heavy atom. The summed E-state index contributed by atoms with van der Waals surface area (Å²) >= 11 is 0. The molecule has 0 radical (unpaired) electrons. The Balaban J connectivity index is 2.19. The molecule has 0 aliphatic carbocycles. The Labute approximate surface area is 134 Å². The van der Waals surface area contributed by atoms with Crippen molar-refractivity contribution in [2.75, 3.05) is 6.54 Å². The van der Waals surface area contributed by atoms with Gasteiger partial charge in [-0.25, -0.2) is 0 Å². The molecule has 2 N–H and O–H groups in total. The quantitative estimate of drug-likeness (QED) is 0.895. The lowest BCUT2D eigenvalue weighted by molar-refractivity contribution is -0.174. The molecule has 1 aliphatic heterocycles. The van der Waals surface area contributed by atoms with E-state index in [1.165, 1.54) is 0 Å². The summed E-state index contributed by atoms with van der Waals surface area (Å²) in [4.78, 5) is 11.2. The van der Waals surface area contributed by atoms with Crippen LogP contribution in [0.4, 0.5) is 13.2 Å². The maximum absolute atomic E-state index is 12.5. The van der Waals surface area contributed by atoms with E-state index in [0.29, 0.717) is 13.0 Å². The Morgan fingerprint density at radius 1 is 1.35 bits per heavy atom. The molecule has 3 nitrogen and oxygen atoms in total. The molecule has 2 rings (SSSR count). The van der Waals surface area contributed by atoms with Crippen LogP contribution in [0, 0.1) is 13.8 Å². The topological polar surface area (TPSA) is 41.1 Å². The van der Waals surface area contributed by atoms with E-state index in [0.717, 1.165) is 23.1 Å². The van der Waals surface area contributed by atoms with E-state index in [2.05, 4.69) is 23.6 Å². The van der Waals surface area contributed by atoms with Crippen LogP contribution in [0.25, 0.3) is 0 Å². The number of rotatable bonds is 3. The molecule has 23 heavy (non-hydrogen) atoms. The average Bonchev–Trinajstić information content (AvgIpc) is 2.48. The van der Waals surface area contributed by atoms with E-state index >= 15 is 0 Å². The molecule has 0 aromatic heterocycles. The first-order chi connectivity index (χ1) is 10.7. The van der Waals surface area contributed by atoms with Gasteiger partial charge >= 0.3 is 12.1 Å². The molecule has 1 aromatic carbocycles. The van der Waals surface area contributed by atoms with Crippen LogP contribution in [0.1, 0.15) is 42.4 Å². The maximum Gasteiger partial charge on any atom is 0.471 e. The van der Waals surface area contributed by atoms with Gasteiger partial charge in [-0.1, -0.05) is 30.7 Å². The van der Waals surface area contributed by atoms with Crippen molar-refractivity contribution in [3.05, 3.63) is 34.9 Å². The first kappa shape index (κ1) is 17.8. The number of nitrogens with one attached hydrogen (secondary N) is 2. The van der Waals surface area contributed by atoms with E-state index in [-0.39, 0.29) is 12.0 Å². The van der Waals surface area contributed by atoms with E-state index in [4.69, 9.17) is 0 Å². The molecule has 1 aromatic rings. The number of amides is 1. The van der Waals surface area contributed by atoms with Crippen molar-refractivity contribution in [1.82, 2.24) is 10.6 Å². The van der Waals surface area contributed by atoms with Gasteiger partial charge in [-0.2, -0.15) is 13.2 Å². The summed E-state index contributed by atoms with van der Waals surface area (Å²) in [6.45, 7) is 6.44. The summed E-state index contributed by atoms with van der Waals surface area (Å²) in [7, 11) is 0. The number of carbonyl (C=O) groups excluding carboxylic acids is 1. The normalized spacial score (nSPS) is 25.2. The molecule has 1 saturated heterocycles. The highest BCUT2D eigenvalue weighted by Gasteiger charge is 2.41. The summed E-state index contributed by atoms with van der Waals surface area (Å²) in [5, 5.41) is 5.40. The van der Waals surface area contributed by atoms with Crippen molar-refractivity contribution in [2.45, 2.75) is 57.8 Å². The summed E-state index contributed by atoms with van der Waals surface area (Å²) in [6, 6.07) is 5.85. The molecule has 3 unspecified atom stereocenters. The van der Waals surface area contributed by atoms with Gasteiger partial charge in [-0.3, -0.25) is 4.79 Å². The molecule has 6 heteroatoms. The molecule has 1 amide bonds. The summed E-state index contributed by atoms with van der Waals surface area (Å²) < 4.78 is 37.4. The fraction of sp³-hybridized carbons (Fsp3) is 0.588. The molecule has 128 valence electrons. The molecule has 1 heterocycles. The van der Waals surface area contributed by atoms with Crippen LogP contribution in [0.3, 0.4) is 0 Å². The number of alkyl halides is 3. The molecule has 0 bridgehead atoms. The monoisotopic (exact) mass is 328 g/mol. The number of carbonyl (C=O) groups is 1. The lowest BCUT2D eigenvalue weighted by Crippen LogP contribution is -2.54. The van der Waals surface area contributed by atoms with Crippen molar-refractivity contribution in [3.8, 4) is 0 Å². The number of halogens is 3. The Hall–Kier alpha value is -1.56. The summed E-state index contributed by atoms with van der Waals surface area (Å²) in [6.07, 6.45) is -3.44. The third-order valence-corrected chi connectivity index (χ3v) is 4.52. The smallest absolute Gasteiger partial charge is 0.344 e. The molecule has 0 spiro atoms. The molecular weight excluding hydrogens is 305 g/mol. The van der Waals surface area contributed by atoms with Crippen LogP contribution in [0.15, 0.2) is 18.2 Å². The van der Waals surface area contributed by atoms with Crippen molar-refractivity contribution in [3.63, 3.8) is 0 Å². The largest absolute Gasteiger partial charge is 0.471 e.